The van der Waals surface area contributed by atoms with Crippen molar-refractivity contribution in [2.75, 3.05) is 6.54 Å². The van der Waals surface area contributed by atoms with Crippen LogP contribution in [0.5, 0.6) is 0 Å². The molecule has 0 spiro atoms. The van der Waals surface area contributed by atoms with E-state index in [2.05, 4.69) is 19.2 Å². The fourth-order valence-corrected chi connectivity index (χ4v) is 3.85. The number of hydrogen-bond donors (Lipinski definition) is 1. The van der Waals surface area contributed by atoms with Crippen molar-refractivity contribution in [3.63, 3.8) is 0 Å². The molecule has 2 atom stereocenters. The molecule has 0 bridgehead atoms. The molecule has 1 aliphatic heterocycles. The number of hydrogen-bond acceptors (Lipinski definition) is 2. The van der Waals surface area contributed by atoms with Gasteiger partial charge in [-0.15, -0.1) is 0 Å². The second kappa shape index (κ2) is 5.05. The van der Waals surface area contributed by atoms with E-state index < -0.39 is 0 Å². The molecule has 2 aliphatic carbocycles. The highest BCUT2D eigenvalue weighted by molar-refractivity contribution is 5.90. The maximum atomic E-state index is 12.8. The normalized spacial score (nSPS) is 34.6. The van der Waals surface area contributed by atoms with E-state index in [1.165, 1.54) is 12.8 Å². The van der Waals surface area contributed by atoms with Crippen LogP contribution in [0.25, 0.3) is 0 Å². The minimum atomic E-state index is -0.241. The molecule has 0 aromatic heterocycles. The molecular formula is C16H26N2O2. The lowest BCUT2D eigenvalue weighted by atomic mass is 9.74. The molecule has 2 saturated carbocycles. The van der Waals surface area contributed by atoms with Crippen LogP contribution in [0.3, 0.4) is 0 Å². The summed E-state index contributed by atoms with van der Waals surface area (Å²) in [6, 6.07) is 0.0928. The average molecular weight is 278 g/mol. The second-order valence-electron chi connectivity index (χ2n) is 7.58. The lowest BCUT2D eigenvalue weighted by Crippen LogP contribution is -2.51. The molecule has 2 amide bonds. The first-order valence-corrected chi connectivity index (χ1v) is 8.06. The van der Waals surface area contributed by atoms with E-state index in [-0.39, 0.29) is 17.9 Å². The smallest absolute Gasteiger partial charge is 0.245 e. The van der Waals surface area contributed by atoms with Gasteiger partial charge in [0.15, 0.2) is 0 Å². The molecule has 3 aliphatic rings. The van der Waals surface area contributed by atoms with Crippen LogP contribution in [0, 0.1) is 11.3 Å². The molecular weight excluding hydrogens is 252 g/mol. The van der Waals surface area contributed by atoms with Crippen LogP contribution >= 0.6 is 0 Å². The van der Waals surface area contributed by atoms with E-state index in [4.69, 9.17) is 0 Å². The highest BCUT2D eigenvalue weighted by Crippen LogP contribution is 2.39. The average Bonchev–Trinajstić information content (AvgIpc) is 3.18. The number of amides is 2. The zero-order valence-corrected chi connectivity index (χ0v) is 12.7. The van der Waals surface area contributed by atoms with Crippen molar-refractivity contribution in [1.82, 2.24) is 10.2 Å². The third-order valence-electron chi connectivity index (χ3n) is 5.16. The lowest BCUT2D eigenvalue weighted by molar-refractivity contribution is -0.137. The summed E-state index contributed by atoms with van der Waals surface area (Å²) < 4.78 is 0. The zero-order chi connectivity index (χ0) is 14.3. The van der Waals surface area contributed by atoms with E-state index in [9.17, 15) is 9.59 Å². The van der Waals surface area contributed by atoms with Gasteiger partial charge < -0.3 is 10.2 Å². The Morgan fingerprint density at radius 2 is 1.95 bits per heavy atom. The summed E-state index contributed by atoms with van der Waals surface area (Å²) in [7, 11) is 0. The molecule has 20 heavy (non-hydrogen) atoms. The molecule has 0 aromatic carbocycles. The molecule has 2 unspecified atom stereocenters. The molecule has 4 nitrogen and oxygen atoms in total. The van der Waals surface area contributed by atoms with Gasteiger partial charge in [0.25, 0.3) is 0 Å². The molecule has 0 aromatic rings. The summed E-state index contributed by atoms with van der Waals surface area (Å²) in [6.07, 6.45) is 7.24. The largest absolute Gasteiger partial charge is 0.344 e. The standard InChI is InChI=1S/C16H26N2O2/c1-16(2)8-3-4-12(10-16)18-9-7-13(19)17-14(15(18)20)11-5-6-11/h11-12,14H,3-10H2,1-2H3,(H,17,19). The monoisotopic (exact) mass is 278 g/mol. The molecule has 3 fully saturated rings. The Bertz CT molecular complexity index is 415. The van der Waals surface area contributed by atoms with Crippen molar-refractivity contribution in [2.45, 2.75) is 70.9 Å². The summed E-state index contributed by atoms with van der Waals surface area (Å²) in [6.45, 7) is 5.20. The fraction of sp³-hybridized carbons (Fsp3) is 0.875. The van der Waals surface area contributed by atoms with E-state index in [0.717, 1.165) is 25.7 Å². The Hall–Kier alpha value is -1.06. The lowest BCUT2D eigenvalue weighted by Gasteiger charge is -2.41. The van der Waals surface area contributed by atoms with Gasteiger partial charge in [0.05, 0.1) is 0 Å². The summed E-state index contributed by atoms with van der Waals surface area (Å²) in [5, 5.41) is 2.95. The van der Waals surface area contributed by atoms with Crippen LogP contribution in [0.4, 0.5) is 0 Å². The maximum Gasteiger partial charge on any atom is 0.245 e. The van der Waals surface area contributed by atoms with Gasteiger partial charge in [-0.25, -0.2) is 0 Å². The Labute approximate surface area is 121 Å². The molecule has 3 rings (SSSR count). The molecule has 4 heteroatoms. The molecule has 1 N–H and O–H groups in total. The summed E-state index contributed by atoms with van der Waals surface area (Å²) >= 11 is 0. The van der Waals surface area contributed by atoms with Crippen LogP contribution in [0.2, 0.25) is 0 Å². The summed E-state index contributed by atoms with van der Waals surface area (Å²) in [5.41, 5.74) is 0.321. The number of rotatable bonds is 2. The van der Waals surface area contributed by atoms with Crippen molar-refractivity contribution in [2.24, 2.45) is 11.3 Å². The van der Waals surface area contributed by atoms with E-state index in [1.807, 2.05) is 4.90 Å². The van der Waals surface area contributed by atoms with Gasteiger partial charge in [0.2, 0.25) is 11.8 Å². The SMILES string of the molecule is CC1(C)CCCC(N2CCC(=O)NC(C3CC3)C2=O)C1. The number of nitrogens with one attached hydrogen (secondary N) is 1. The highest BCUT2D eigenvalue weighted by atomic mass is 16.2. The van der Waals surface area contributed by atoms with Crippen LogP contribution in [-0.4, -0.2) is 35.3 Å². The van der Waals surface area contributed by atoms with Crippen molar-refractivity contribution in [3.05, 3.63) is 0 Å². The van der Waals surface area contributed by atoms with Crippen molar-refractivity contribution < 1.29 is 9.59 Å². The third-order valence-corrected chi connectivity index (χ3v) is 5.16. The first-order valence-electron chi connectivity index (χ1n) is 8.06. The van der Waals surface area contributed by atoms with Crippen LogP contribution in [0.1, 0.15) is 58.8 Å². The number of carbonyl (C=O) groups is 2. The Morgan fingerprint density at radius 3 is 2.60 bits per heavy atom. The first kappa shape index (κ1) is 13.9. The third kappa shape index (κ3) is 2.84. The van der Waals surface area contributed by atoms with E-state index >= 15 is 0 Å². The number of nitrogens with zero attached hydrogens (tertiary/aromatic N) is 1. The maximum absolute atomic E-state index is 12.8. The molecule has 1 saturated heterocycles. The molecule has 112 valence electrons. The van der Waals surface area contributed by atoms with Gasteiger partial charge in [-0.05, 0) is 43.4 Å². The topological polar surface area (TPSA) is 49.4 Å². The minimum Gasteiger partial charge on any atom is -0.344 e. The van der Waals surface area contributed by atoms with Gasteiger partial charge >= 0.3 is 0 Å². The Morgan fingerprint density at radius 1 is 1.20 bits per heavy atom. The van der Waals surface area contributed by atoms with Gasteiger partial charge in [-0.1, -0.05) is 20.3 Å². The van der Waals surface area contributed by atoms with E-state index in [0.29, 0.717) is 30.3 Å². The predicted octanol–water partition coefficient (Wildman–Crippen LogP) is 2.08. The molecule has 1 heterocycles. The van der Waals surface area contributed by atoms with Crippen molar-refractivity contribution in [1.29, 1.82) is 0 Å². The molecule has 0 radical (unpaired) electrons. The van der Waals surface area contributed by atoms with Crippen molar-refractivity contribution >= 4 is 11.8 Å². The minimum absolute atomic E-state index is 0.0489. The quantitative estimate of drug-likeness (QED) is 0.841. The van der Waals surface area contributed by atoms with Crippen molar-refractivity contribution in [3.8, 4) is 0 Å². The Balaban J connectivity index is 1.76. The highest BCUT2D eigenvalue weighted by Gasteiger charge is 2.43. The summed E-state index contributed by atoms with van der Waals surface area (Å²) in [4.78, 5) is 26.7. The fourth-order valence-electron chi connectivity index (χ4n) is 3.85. The van der Waals surface area contributed by atoms with Gasteiger partial charge in [-0.3, -0.25) is 9.59 Å². The second-order valence-corrected chi connectivity index (χ2v) is 7.58. The van der Waals surface area contributed by atoms with Crippen LogP contribution < -0.4 is 5.32 Å². The number of carbonyl (C=O) groups excluding carboxylic acids is 2. The predicted molar refractivity (Wildman–Crippen MR) is 77.0 cm³/mol. The van der Waals surface area contributed by atoms with Crippen LogP contribution in [-0.2, 0) is 9.59 Å². The first-order chi connectivity index (χ1) is 9.46. The zero-order valence-electron chi connectivity index (χ0n) is 12.7. The van der Waals surface area contributed by atoms with Gasteiger partial charge in [-0.2, -0.15) is 0 Å². The van der Waals surface area contributed by atoms with E-state index in [1.54, 1.807) is 0 Å². The Kier molecular flexibility index (Phi) is 3.51. The summed E-state index contributed by atoms with van der Waals surface area (Å²) in [5.74, 6) is 0.623. The van der Waals surface area contributed by atoms with Gasteiger partial charge in [0.1, 0.15) is 6.04 Å². The van der Waals surface area contributed by atoms with Gasteiger partial charge in [0, 0.05) is 19.0 Å². The van der Waals surface area contributed by atoms with Crippen LogP contribution in [0.15, 0.2) is 0 Å².